The molecule has 0 saturated heterocycles. The minimum atomic E-state index is -0.670. The second-order valence-corrected chi connectivity index (χ2v) is 7.88. The van der Waals surface area contributed by atoms with E-state index >= 15 is 0 Å². The summed E-state index contributed by atoms with van der Waals surface area (Å²) in [6.07, 6.45) is 3.49. The summed E-state index contributed by atoms with van der Waals surface area (Å²) in [6.45, 7) is 7.53. The zero-order valence-corrected chi connectivity index (χ0v) is 15.0. The monoisotopic (exact) mass is 334 g/mol. The zero-order chi connectivity index (χ0) is 18.0. The Bertz CT molecular complexity index is 629. The Hall–Kier alpha value is -1.91. The van der Waals surface area contributed by atoms with Crippen LogP contribution in [0.15, 0.2) is 18.2 Å². The maximum absolute atomic E-state index is 13.2. The van der Waals surface area contributed by atoms with Crippen molar-refractivity contribution in [1.29, 1.82) is 0 Å². The van der Waals surface area contributed by atoms with Gasteiger partial charge in [-0.05, 0) is 64.3 Å². The first-order valence-corrected chi connectivity index (χ1v) is 8.50. The predicted octanol–water partition coefficient (Wildman–Crippen LogP) is 3.94. The zero-order valence-electron chi connectivity index (χ0n) is 15.0. The Morgan fingerprint density at radius 3 is 2.38 bits per heavy atom. The van der Waals surface area contributed by atoms with E-state index in [1.54, 1.807) is 13.0 Å². The summed E-state index contributed by atoms with van der Waals surface area (Å²) in [6, 6.07) is 4.29. The predicted molar refractivity (Wildman–Crippen MR) is 93.2 cm³/mol. The minimum absolute atomic E-state index is 0.102. The van der Waals surface area contributed by atoms with E-state index in [9.17, 15) is 14.0 Å². The van der Waals surface area contributed by atoms with Crippen LogP contribution in [-0.4, -0.2) is 17.4 Å². The third-order valence-electron chi connectivity index (χ3n) is 4.49. The molecule has 0 aromatic heterocycles. The highest BCUT2D eigenvalue weighted by Crippen LogP contribution is 2.42. The van der Waals surface area contributed by atoms with Crippen LogP contribution in [0.4, 0.5) is 10.1 Å². The van der Waals surface area contributed by atoms with Gasteiger partial charge in [0.15, 0.2) is 0 Å². The Labute approximate surface area is 143 Å². The van der Waals surface area contributed by atoms with Crippen LogP contribution in [-0.2, 0) is 9.59 Å². The van der Waals surface area contributed by atoms with E-state index in [1.807, 2.05) is 20.8 Å². The first kappa shape index (κ1) is 18.4. The van der Waals surface area contributed by atoms with E-state index in [2.05, 4.69) is 10.6 Å². The Morgan fingerprint density at radius 2 is 1.83 bits per heavy atom. The van der Waals surface area contributed by atoms with Gasteiger partial charge in [0.2, 0.25) is 11.8 Å². The molecule has 2 N–H and O–H groups in total. The van der Waals surface area contributed by atoms with Gasteiger partial charge in [-0.1, -0.05) is 12.8 Å². The lowest BCUT2D eigenvalue weighted by Crippen LogP contribution is -2.45. The second-order valence-electron chi connectivity index (χ2n) is 7.88. The Kier molecular flexibility index (Phi) is 5.31. The third kappa shape index (κ3) is 4.56. The smallest absolute Gasteiger partial charge is 0.231 e. The topological polar surface area (TPSA) is 58.2 Å². The number of hydrogen-bond donors (Lipinski definition) is 2. The molecule has 2 amide bonds. The van der Waals surface area contributed by atoms with Crippen LogP contribution < -0.4 is 10.6 Å². The summed E-state index contributed by atoms with van der Waals surface area (Å²) in [7, 11) is 0. The van der Waals surface area contributed by atoms with E-state index in [4.69, 9.17) is 0 Å². The molecule has 1 aliphatic rings. The number of aryl methyl sites for hydroxylation is 1. The second kappa shape index (κ2) is 6.91. The summed E-state index contributed by atoms with van der Waals surface area (Å²) in [5, 5.41) is 5.84. The molecule has 0 heterocycles. The van der Waals surface area contributed by atoms with E-state index in [0.717, 1.165) is 12.8 Å². The molecule has 0 spiro atoms. The van der Waals surface area contributed by atoms with E-state index < -0.39 is 5.41 Å². The van der Waals surface area contributed by atoms with Crippen molar-refractivity contribution in [3.63, 3.8) is 0 Å². The third-order valence-corrected chi connectivity index (χ3v) is 4.49. The van der Waals surface area contributed by atoms with Crippen molar-refractivity contribution >= 4 is 17.5 Å². The lowest BCUT2D eigenvalue weighted by Gasteiger charge is -2.29. The first-order chi connectivity index (χ1) is 11.1. The molecular weight excluding hydrogens is 307 g/mol. The fraction of sp³-hybridized carbons (Fsp3) is 0.579. The van der Waals surface area contributed by atoms with Crippen molar-refractivity contribution in [3.05, 3.63) is 29.6 Å². The molecule has 1 fully saturated rings. The highest BCUT2D eigenvalue weighted by Gasteiger charge is 2.43. The summed E-state index contributed by atoms with van der Waals surface area (Å²) < 4.78 is 13.2. The van der Waals surface area contributed by atoms with Gasteiger partial charge in [0, 0.05) is 17.6 Å². The fourth-order valence-electron chi connectivity index (χ4n) is 3.33. The molecule has 0 atom stereocenters. The molecule has 0 aliphatic heterocycles. The SMILES string of the molecule is Cc1cc(F)ccc1NC(=O)C1(CC(=O)NC(C)(C)C)CCCC1. The average molecular weight is 334 g/mol. The summed E-state index contributed by atoms with van der Waals surface area (Å²) in [5.74, 6) is -0.570. The molecule has 1 aromatic rings. The molecular formula is C19H27FN2O2. The highest BCUT2D eigenvalue weighted by molar-refractivity contribution is 5.98. The van der Waals surface area contributed by atoms with Gasteiger partial charge in [-0.2, -0.15) is 0 Å². The van der Waals surface area contributed by atoms with E-state index in [-0.39, 0.29) is 29.6 Å². The molecule has 1 aliphatic carbocycles. The number of hydrogen-bond acceptors (Lipinski definition) is 2. The van der Waals surface area contributed by atoms with E-state index in [0.29, 0.717) is 24.1 Å². The maximum Gasteiger partial charge on any atom is 0.231 e. The van der Waals surface area contributed by atoms with Crippen molar-refractivity contribution in [2.75, 3.05) is 5.32 Å². The van der Waals surface area contributed by atoms with Gasteiger partial charge in [-0.3, -0.25) is 9.59 Å². The van der Waals surface area contributed by atoms with Crippen molar-refractivity contribution in [2.45, 2.75) is 65.3 Å². The number of amides is 2. The van der Waals surface area contributed by atoms with Crippen LogP contribution in [0.3, 0.4) is 0 Å². The molecule has 1 saturated carbocycles. The first-order valence-electron chi connectivity index (χ1n) is 8.50. The van der Waals surface area contributed by atoms with Gasteiger partial charge >= 0.3 is 0 Å². The van der Waals surface area contributed by atoms with Crippen molar-refractivity contribution < 1.29 is 14.0 Å². The minimum Gasteiger partial charge on any atom is -0.351 e. The number of benzene rings is 1. The number of nitrogens with one attached hydrogen (secondary N) is 2. The van der Waals surface area contributed by atoms with Gasteiger partial charge in [0.25, 0.3) is 0 Å². The van der Waals surface area contributed by atoms with Crippen LogP contribution >= 0.6 is 0 Å². The highest BCUT2D eigenvalue weighted by atomic mass is 19.1. The van der Waals surface area contributed by atoms with Crippen molar-refractivity contribution in [3.8, 4) is 0 Å². The molecule has 24 heavy (non-hydrogen) atoms. The van der Waals surface area contributed by atoms with Crippen molar-refractivity contribution in [2.24, 2.45) is 5.41 Å². The quantitative estimate of drug-likeness (QED) is 0.876. The van der Waals surface area contributed by atoms with Crippen molar-refractivity contribution in [1.82, 2.24) is 5.32 Å². The average Bonchev–Trinajstić information content (AvgIpc) is 2.89. The molecule has 0 radical (unpaired) electrons. The Morgan fingerprint density at radius 1 is 1.21 bits per heavy atom. The lowest BCUT2D eigenvalue weighted by molar-refractivity contribution is -0.133. The summed E-state index contributed by atoms with van der Waals surface area (Å²) in [5.41, 5.74) is 0.288. The van der Waals surface area contributed by atoms with Crippen LogP contribution in [0.25, 0.3) is 0 Å². The summed E-state index contributed by atoms with van der Waals surface area (Å²) in [4.78, 5) is 25.2. The molecule has 5 heteroatoms. The van der Waals surface area contributed by atoms with Gasteiger partial charge in [0.1, 0.15) is 5.82 Å². The fourth-order valence-corrected chi connectivity index (χ4v) is 3.33. The molecule has 0 unspecified atom stereocenters. The number of rotatable bonds is 4. The summed E-state index contributed by atoms with van der Waals surface area (Å²) >= 11 is 0. The largest absolute Gasteiger partial charge is 0.351 e. The van der Waals surface area contributed by atoms with Gasteiger partial charge in [-0.25, -0.2) is 4.39 Å². The van der Waals surface area contributed by atoms with Crippen LogP contribution in [0, 0.1) is 18.2 Å². The van der Waals surface area contributed by atoms with E-state index in [1.165, 1.54) is 12.1 Å². The van der Waals surface area contributed by atoms with Crippen LogP contribution in [0.2, 0.25) is 0 Å². The van der Waals surface area contributed by atoms with Gasteiger partial charge < -0.3 is 10.6 Å². The molecule has 132 valence electrons. The van der Waals surface area contributed by atoms with Gasteiger partial charge in [-0.15, -0.1) is 0 Å². The maximum atomic E-state index is 13.2. The molecule has 0 bridgehead atoms. The Balaban J connectivity index is 2.14. The van der Waals surface area contributed by atoms with Crippen LogP contribution in [0.5, 0.6) is 0 Å². The molecule has 2 rings (SSSR count). The number of anilines is 1. The standard InChI is InChI=1S/C19H27FN2O2/c1-13-11-14(20)7-8-15(13)21-17(24)19(9-5-6-10-19)12-16(23)22-18(2,3)4/h7-8,11H,5-6,9-10,12H2,1-4H3,(H,21,24)(H,22,23). The molecule has 1 aromatic carbocycles. The molecule has 4 nitrogen and oxygen atoms in total. The lowest BCUT2D eigenvalue weighted by atomic mass is 9.81. The normalized spacial score (nSPS) is 16.7. The number of carbonyl (C=O) groups excluding carboxylic acids is 2. The number of halogens is 1. The van der Waals surface area contributed by atoms with Crippen LogP contribution in [0.1, 0.15) is 58.4 Å². The number of carbonyl (C=O) groups is 2. The van der Waals surface area contributed by atoms with Gasteiger partial charge in [0.05, 0.1) is 5.41 Å².